The SMILES string of the molecule is CC(=O)c1cccc(C=O)c1C1CCCN1c1ccccc1. The molecule has 3 nitrogen and oxygen atoms in total. The van der Waals surface area contributed by atoms with Gasteiger partial charge in [-0.15, -0.1) is 0 Å². The lowest BCUT2D eigenvalue weighted by molar-refractivity contribution is 0.101. The molecular weight excluding hydrogens is 274 g/mol. The standard InChI is InChI=1S/C19H19NO2/c1-14(22)17-10-5-7-15(13-21)19(17)18-11-6-12-20(18)16-8-3-2-4-9-16/h2-5,7-10,13,18H,6,11-12H2,1H3. The Hall–Kier alpha value is -2.42. The summed E-state index contributed by atoms with van der Waals surface area (Å²) in [5, 5.41) is 0. The normalized spacial score (nSPS) is 17.5. The Morgan fingerprint density at radius 1 is 1.14 bits per heavy atom. The molecule has 1 unspecified atom stereocenters. The van der Waals surface area contributed by atoms with Crippen molar-refractivity contribution in [2.45, 2.75) is 25.8 Å². The number of hydrogen-bond donors (Lipinski definition) is 0. The van der Waals surface area contributed by atoms with Crippen molar-refractivity contribution in [3.05, 3.63) is 65.2 Å². The second-order valence-electron chi connectivity index (χ2n) is 5.67. The van der Waals surface area contributed by atoms with E-state index in [-0.39, 0.29) is 11.8 Å². The number of carbonyl (C=O) groups excluding carboxylic acids is 2. The van der Waals surface area contributed by atoms with E-state index in [0.29, 0.717) is 11.1 Å². The number of carbonyl (C=O) groups is 2. The molecule has 1 fully saturated rings. The molecule has 0 N–H and O–H groups in total. The summed E-state index contributed by atoms with van der Waals surface area (Å²) in [5.74, 6) is 0.0126. The van der Waals surface area contributed by atoms with Gasteiger partial charge in [-0.1, -0.05) is 36.4 Å². The van der Waals surface area contributed by atoms with Gasteiger partial charge in [-0.25, -0.2) is 0 Å². The molecule has 0 radical (unpaired) electrons. The van der Waals surface area contributed by atoms with E-state index >= 15 is 0 Å². The summed E-state index contributed by atoms with van der Waals surface area (Å²) in [7, 11) is 0. The van der Waals surface area contributed by atoms with Gasteiger partial charge in [-0.05, 0) is 37.5 Å². The fourth-order valence-corrected chi connectivity index (χ4v) is 3.36. The van der Waals surface area contributed by atoms with Gasteiger partial charge in [0.1, 0.15) is 6.29 Å². The Kier molecular flexibility index (Phi) is 4.05. The molecule has 0 aliphatic carbocycles. The first kappa shape index (κ1) is 14.5. The Morgan fingerprint density at radius 2 is 1.91 bits per heavy atom. The van der Waals surface area contributed by atoms with Gasteiger partial charge < -0.3 is 4.90 Å². The summed E-state index contributed by atoms with van der Waals surface area (Å²) in [6.45, 7) is 2.51. The molecule has 1 atom stereocenters. The van der Waals surface area contributed by atoms with Crippen molar-refractivity contribution in [1.29, 1.82) is 0 Å². The second kappa shape index (κ2) is 6.14. The van der Waals surface area contributed by atoms with Gasteiger partial charge in [-0.2, -0.15) is 0 Å². The summed E-state index contributed by atoms with van der Waals surface area (Å²) in [6.07, 6.45) is 2.88. The monoisotopic (exact) mass is 293 g/mol. The number of aldehydes is 1. The molecule has 2 aromatic carbocycles. The van der Waals surface area contributed by atoms with Crippen LogP contribution in [0.5, 0.6) is 0 Å². The predicted octanol–water partition coefficient (Wildman–Crippen LogP) is 4.04. The zero-order chi connectivity index (χ0) is 15.5. The van der Waals surface area contributed by atoms with Crippen LogP contribution in [0.3, 0.4) is 0 Å². The minimum Gasteiger partial charge on any atom is -0.364 e. The van der Waals surface area contributed by atoms with Gasteiger partial charge in [0.15, 0.2) is 5.78 Å². The van der Waals surface area contributed by atoms with E-state index in [0.717, 1.165) is 36.9 Å². The summed E-state index contributed by atoms with van der Waals surface area (Å²) in [6, 6.07) is 15.7. The molecule has 22 heavy (non-hydrogen) atoms. The highest BCUT2D eigenvalue weighted by atomic mass is 16.1. The molecule has 0 saturated carbocycles. The third-order valence-corrected chi connectivity index (χ3v) is 4.32. The third-order valence-electron chi connectivity index (χ3n) is 4.32. The first-order chi connectivity index (χ1) is 10.7. The summed E-state index contributed by atoms with van der Waals surface area (Å²) in [5.41, 5.74) is 3.31. The summed E-state index contributed by atoms with van der Waals surface area (Å²) < 4.78 is 0. The van der Waals surface area contributed by atoms with Crippen LogP contribution in [0.2, 0.25) is 0 Å². The van der Waals surface area contributed by atoms with Crippen molar-refractivity contribution in [3.63, 3.8) is 0 Å². The molecule has 0 amide bonds. The van der Waals surface area contributed by atoms with Crippen LogP contribution in [0.15, 0.2) is 48.5 Å². The highest BCUT2D eigenvalue weighted by molar-refractivity contribution is 5.98. The predicted molar refractivity (Wildman–Crippen MR) is 87.6 cm³/mol. The van der Waals surface area contributed by atoms with Crippen LogP contribution >= 0.6 is 0 Å². The molecule has 0 bridgehead atoms. The van der Waals surface area contributed by atoms with Gasteiger partial charge in [0, 0.05) is 23.4 Å². The molecule has 1 heterocycles. The number of para-hydroxylation sites is 1. The number of rotatable bonds is 4. The average Bonchev–Trinajstić information content (AvgIpc) is 3.04. The van der Waals surface area contributed by atoms with Crippen molar-refractivity contribution in [1.82, 2.24) is 0 Å². The molecule has 112 valence electrons. The molecule has 1 saturated heterocycles. The van der Waals surface area contributed by atoms with Crippen LogP contribution in [-0.4, -0.2) is 18.6 Å². The number of ketones is 1. The first-order valence-corrected chi connectivity index (χ1v) is 7.63. The van der Waals surface area contributed by atoms with Crippen molar-refractivity contribution in [2.24, 2.45) is 0 Å². The van der Waals surface area contributed by atoms with E-state index in [2.05, 4.69) is 17.0 Å². The quantitative estimate of drug-likeness (QED) is 0.630. The lowest BCUT2D eigenvalue weighted by Gasteiger charge is -2.29. The number of hydrogen-bond acceptors (Lipinski definition) is 3. The molecule has 3 rings (SSSR count). The van der Waals surface area contributed by atoms with Crippen LogP contribution in [0, 0.1) is 0 Å². The van der Waals surface area contributed by atoms with E-state index in [1.165, 1.54) is 0 Å². The molecule has 0 spiro atoms. The Labute approximate surface area is 130 Å². The van der Waals surface area contributed by atoms with E-state index in [9.17, 15) is 9.59 Å². The molecule has 3 heteroatoms. The van der Waals surface area contributed by atoms with Gasteiger partial charge in [0.2, 0.25) is 0 Å². The molecule has 1 aliphatic heterocycles. The van der Waals surface area contributed by atoms with Crippen molar-refractivity contribution >= 4 is 17.8 Å². The topological polar surface area (TPSA) is 37.4 Å². The van der Waals surface area contributed by atoms with Crippen LogP contribution in [0.25, 0.3) is 0 Å². The maximum absolute atomic E-state index is 12.0. The van der Waals surface area contributed by atoms with Crippen LogP contribution in [0.4, 0.5) is 5.69 Å². The van der Waals surface area contributed by atoms with Gasteiger partial charge >= 0.3 is 0 Å². The van der Waals surface area contributed by atoms with Crippen LogP contribution < -0.4 is 4.90 Å². The number of anilines is 1. The van der Waals surface area contributed by atoms with E-state index in [1.807, 2.05) is 24.3 Å². The van der Waals surface area contributed by atoms with E-state index < -0.39 is 0 Å². The Balaban J connectivity index is 2.10. The average molecular weight is 293 g/mol. The van der Waals surface area contributed by atoms with Crippen LogP contribution in [0.1, 0.15) is 52.1 Å². The highest BCUT2D eigenvalue weighted by Crippen LogP contribution is 2.38. The van der Waals surface area contributed by atoms with Gasteiger partial charge in [0.25, 0.3) is 0 Å². The fourth-order valence-electron chi connectivity index (χ4n) is 3.36. The van der Waals surface area contributed by atoms with E-state index in [1.54, 1.807) is 19.1 Å². The minimum atomic E-state index is 0.0126. The minimum absolute atomic E-state index is 0.0126. The maximum Gasteiger partial charge on any atom is 0.160 e. The number of benzene rings is 2. The lowest BCUT2D eigenvalue weighted by Crippen LogP contribution is -2.25. The van der Waals surface area contributed by atoms with Gasteiger partial charge in [-0.3, -0.25) is 9.59 Å². The van der Waals surface area contributed by atoms with Crippen molar-refractivity contribution in [3.8, 4) is 0 Å². The second-order valence-corrected chi connectivity index (χ2v) is 5.67. The molecular formula is C19H19NO2. The Morgan fingerprint density at radius 3 is 2.59 bits per heavy atom. The Bertz CT molecular complexity index is 694. The molecule has 0 aromatic heterocycles. The third kappa shape index (κ3) is 2.54. The summed E-state index contributed by atoms with van der Waals surface area (Å²) >= 11 is 0. The molecule has 1 aliphatic rings. The number of nitrogens with zero attached hydrogens (tertiary/aromatic N) is 1. The van der Waals surface area contributed by atoms with Crippen molar-refractivity contribution in [2.75, 3.05) is 11.4 Å². The molecule has 2 aromatic rings. The van der Waals surface area contributed by atoms with Crippen molar-refractivity contribution < 1.29 is 9.59 Å². The maximum atomic E-state index is 12.0. The summed E-state index contributed by atoms with van der Waals surface area (Å²) in [4.78, 5) is 25.8. The fraction of sp³-hybridized carbons (Fsp3) is 0.263. The zero-order valence-corrected chi connectivity index (χ0v) is 12.7. The number of Topliss-reactive ketones (excluding diaryl/α,β-unsaturated/α-hetero) is 1. The lowest BCUT2D eigenvalue weighted by atomic mass is 9.91. The first-order valence-electron chi connectivity index (χ1n) is 7.63. The smallest absolute Gasteiger partial charge is 0.160 e. The largest absolute Gasteiger partial charge is 0.364 e. The van der Waals surface area contributed by atoms with Gasteiger partial charge in [0.05, 0.1) is 6.04 Å². The van der Waals surface area contributed by atoms with E-state index in [4.69, 9.17) is 0 Å². The highest BCUT2D eigenvalue weighted by Gasteiger charge is 2.30. The zero-order valence-electron chi connectivity index (χ0n) is 12.7. The van der Waals surface area contributed by atoms with Crippen LogP contribution in [-0.2, 0) is 0 Å².